The molecule has 0 saturated heterocycles. The van der Waals surface area contributed by atoms with E-state index in [0.717, 1.165) is 25.1 Å². The van der Waals surface area contributed by atoms with Crippen LogP contribution in [0.4, 0.5) is 5.95 Å². The summed E-state index contributed by atoms with van der Waals surface area (Å²) in [6.45, 7) is 2.25. The molecule has 3 N–H and O–H groups in total. The number of benzene rings is 2. The number of anilines is 1. The number of halogens is 2. The summed E-state index contributed by atoms with van der Waals surface area (Å²) < 4.78 is 0. The third kappa shape index (κ3) is 4.72. The van der Waals surface area contributed by atoms with E-state index < -0.39 is 0 Å². The van der Waals surface area contributed by atoms with Gasteiger partial charge in [0.25, 0.3) is 5.56 Å². The molecule has 2 aromatic carbocycles. The molecule has 0 unspecified atom stereocenters. The van der Waals surface area contributed by atoms with Gasteiger partial charge in [-0.25, -0.2) is 4.98 Å². The number of H-pyrrole nitrogens is 1. The van der Waals surface area contributed by atoms with Crippen LogP contribution >= 0.6 is 23.2 Å². The van der Waals surface area contributed by atoms with Crippen molar-refractivity contribution >= 4 is 40.1 Å². The topological polar surface area (TPSA) is 69.8 Å². The highest BCUT2D eigenvalue weighted by Crippen LogP contribution is 2.22. The summed E-state index contributed by atoms with van der Waals surface area (Å²) in [7, 11) is 0. The average molecular weight is 377 g/mol. The van der Waals surface area contributed by atoms with E-state index in [2.05, 4.69) is 20.6 Å². The Morgan fingerprint density at radius 2 is 1.88 bits per heavy atom. The summed E-state index contributed by atoms with van der Waals surface area (Å²) in [5.41, 5.74) is 1.64. The van der Waals surface area contributed by atoms with E-state index >= 15 is 0 Å². The molecule has 0 radical (unpaired) electrons. The largest absolute Gasteiger partial charge is 0.356 e. The lowest BCUT2D eigenvalue weighted by Crippen LogP contribution is -2.19. The molecule has 7 heteroatoms. The summed E-state index contributed by atoms with van der Waals surface area (Å²) in [4.78, 5) is 19.1. The lowest BCUT2D eigenvalue weighted by Gasteiger charge is -2.08. The number of nitrogens with zero attached hydrogens (tertiary/aromatic N) is 1. The Bertz CT molecular complexity index is 926. The van der Waals surface area contributed by atoms with E-state index in [-0.39, 0.29) is 5.56 Å². The molecular weight excluding hydrogens is 359 g/mol. The molecule has 130 valence electrons. The summed E-state index contributed by atoms with van der Waals surface area (Å²) >= 11 is 11.9. The zero-order valence-corrected chi connectivity index (χ0v) is 15.0. The van der Waals surface area contributed by atoms with Crippen LogP contribution in [-0.2, 0) is 6.54 Å². The van der Waals surface area contributed by atoms with Gasteiger partial charge < -0.3 is 10.6 Å². The first-order valence-corrected chi connectivity index (χ1v) is 8.76. The number of para-hydroxylation sites is 1. The molecule has 0 atom stereocenters. The van der Waals surface area contributed by atoms with Crippen LogP contribution in [0.1, 0.15) is 12.0 Å². The van der Waals surface area contributed by atoms with Crippen LogP contribution in [-0.4, -0.2) is 23.1 Å². The second-order valence-corrected chi connectivity index (χ2v) is 6.45. The Morgan fingerprint density at radius 3 is 2.72 bits per heavy atom. The number of hydrogen-bond acceptors (Lipinski definition) is 4. The molecule has 1 heterocycles. The molecule has 0 aliphatic carbocycles. The maximum Gasteiger partial charge on any atom is 0.260 e. The highest BCUT2D eigenvalue weighted by molar-refractivity contribution is 6.42. The lowest BCUT2D eigenvalue weighted by atomic mass is 10.2. The van der Waals surface area contributed by atoms with Crippen molar-refractivity contribution in [3.05, 3.63) is 68.4 Å². The molecule has 3 aromatic rings. The zero-order valence-electron chi connectivity index (χ0n) is 13.5. The van der Waals surface area contributed by atoms with Crippen molar-refractivity contribution in [1.29, 1.82) is 0 Å². The van der Waals surface area contributed by atoms with Gasteiger partial charge in [0.1, 0.15) is 0 Å². The van der Waals surface area contributed by atoms with Crippen molar-refractivity contribution in [1.82, 2.24) is 15.3 Å². The van der Waals surface area contributed by atoms with Crippen molar-refractivity contribution in [2.24, 2.45) is 0 Å². The summed E-state index contributed by atoms with van der Waals surface area (Å²) in [5.74, 6) is 0.494. The summed E-state index contributed by atoms with van der Waals surface area (Å²) in [6.07, 6.45) is 0.887. The Hall–Kier alpha value is -2.08. The Kier molecular flexibility index (Phi) is 5.91. The molecule has 0 amide bonds. The summed E-state index contributed by atoms with van der Waals surface area (Å²) in [6, 6.07) is 12.9. The highest BCUT2D eigenvalue weighted by Gasteiger charge is 2.02. The van der Waals surface area contributed by atoms with Crippen molar-refractivity contribution < 1.29 is 0 Å². The van der Waals surface area contributed by atoms with E-state index in [1.807, 2.05) is 30.3 Å². The Morgan fingerprint density at radius 1 is 1.04 bits per heavy atom. The molecule has 0 aliphatic rings. The molecule has 3 rings (SSSR count). The van der Waals surface area contributed by atoms with Gasteiger partial charge in [-0.3, -0.25) is 9.78 Å². The Labute approximate surface area is 155 Å². The van der Waals surface area contributed by atoms with E-state index in [1.165, 1.54) is 0 Å². The first-order valence-electron chi connectivity index (χ1n) is 8.01. The standard InChI is InChI=1S/C18H18Cl2N4O/c19-14-7-6-12(10-15(14)20)11-21-8-3-9-22-18-23-16-5-2-1-4-13(16)17(25)24-18/h1-2,4-7,10,21H,3,8-9,11H2,(H2,22,23,24,25). The normalized spacial score (nSPS) is 11.0. The van der Waals surface area contributed by atoms with Crippen LogP contribution in [0.3, 0.4) is 0 Å². The predicted molar refractivity (Wildman–Crippen MR) is 104 cm³/mol. The molecular formula is C18H18Cl2N4O. The fraction of sp³-hybridized carbons (Fsp3) is 0.222. The number of fused-ring (bicyclic) bond motifs is 1. The van der Waals surface area contributed by atoms with Gasteiger partial charge in [-0.1, -0.05) is 41.4 Å². The second-order valence-electron chi connectivity index (χ2n) is 5.64. The van der Waals surface area contributed by atoms with Gasteiger partial charge in [-0.2, -0.15) is 0 Å². The maximum atomic E-state index is 12.0. The van der Waals surface area contributed by atoms with Crippen molar-refractivity contribution in [2.45, 2.75) is 13.0 Å². The number of rotatable bonds is 7. The fourth-order valence-corrected chi connectivity index (χ4v) is 2.79. The van der Waals surface area contributed by atoms with Gasteiger partial charge in [-0.15, -0.1) is 0 Å². The van der Waals surface area contributed by atoms with Crippen LogP contribution in [0, 0.1) is 0 Å². The Balaban J connectivity index is 1.44. The maximum absolute atomic E-state index is 12.0. The molecule has 25 heavy (non-hydrogen) atoms. The molecule has 1 aromatic heterocycles. The van der Waals surface area contributed by atoms with E-state index in [4.69, 9.17) is 23.2 Å². The van der Waals surface area contributed by atoms with Crippen LogP contribution in [0.2, 0.25) is 10.0 Å². The van der Waals surface area contributed by atoms with Gasteiger partial charge in [0, 0.05) is 13.1 Å². The average Bonchev–Trinajstić information content (AvgIpc) is 2.61. The third-order valence-corrected chi connectivity index (χ3v) is 4.49. The monoisotopic (exact) mass is 376 g/mol. The second kappa shape index (κ2) is 8.34. The van der Waals surface area contributed by atoms with Crippen molar-refractivity contribution in [3.63, 3.8) is 0 Å². The number of nitrogens with one attached hydrogen (secondary N) is 3. The minimum Gasteiger partial charge on any atom is -0.356 e. The van der Waals surface area contributed by atoms with Gasteiger partial charge in [0.15, 0.2) is 0 Å². The van der Waals surface area contributed by atoms with Crippen molar-refractivity contribution in [3.8, 4) is 0 Å². The van der Waals surface area contributed by atoms with Crippen LogP contribution in [0.25, 0.3) is 10.9 Å². The molecule has 0 bridgehead atoms. The van der Waals surface area contributed by atoms with E-state index in [0.29, 0.717) is 33.4 Å². The molecule has 0 spiro atoms. The van der Waals surface area contributed by atoms with Crippen molar-refractivity contribution in [2.75, 3.05) is 18.4 Å². The third-order valence-electron chi connectivity index (χ3n) is 3.75. The smallest absolute Gasteiger partial charge is 0.260 e. The quantitative estimate of drug-likeness (QED) is 0.548. The minimum atomic E-state index is -0.133. The first-order chi connectivity index (χ1) is 12.1. The SMILES string of the molecule is O=c1[nH]c(NCCCNCc2ccc(Cl)c(Cl)c2)nc2ccccc12. The zero-order chi connectivity index (χ0) is 17.6. The van der Waals surface area contributed by atoms with Crippen LogP contribution in [0.15, 0.2) is 47.3 Å². The van der Waals surface area contributed by atoms with E-state index in [1.54, 1.807) is 12.1 Å². The molecule has 0 saturated carbocycles. The molecule has 5 nitrogen and oxygen atoms in total. The molecule has 0 aliphatic heterocycles. The van der Waals surface area contributed by atoms with Gasteiger partial charge >= 0.3 is 0 Å². The van der Waals surface area contributed by atoms with Crippen LogP contribution in [0.5, 0.6) is 0 Å². The van der Waals surface area contributed by atoms with Gasteiger partial charge in [0.2, 0.25) is 5.95 Å². The fourth-order valence-electron chi connectivity index (χ4n) is 2.47. The van der Waals surface area contributed by atoms with Crippen LogP contribution < -0.4 is 16.2 Å². The predicted octanol–water partition coefficient (Wildman–Crippen LogP) is 3.82. The number of hydrogen-bond donors (Lipinski definition) is 3. The number of aromatic amines is 1. The van der Waals surface area contributed by atoms with E-state index in [9.17, 15) is 4.79 Å². The van der Waals surface area contributed by atoms with Gasteiger partial charge in [0.05, 0.1) is 20.9 Å². The first kappa shape index (κ1) is 17.7. The highest BCUT2D eigenvalue weighted by atomic mass is 35.5. The van der Waals surface area contributed by atoms with Gasteiger partial charge in [-0.05, 0) is 42.8 Å². The lowest BCUT2D eigenvalue weighted by molar-refractivity contribution is 0.662. The minimum absolute atomic E-state index is 0.133. The number of aromatic nitrogens is 2. The summed E-state index contributed by atoms with van der Waals surface area (Å²) in [5, 5.41) is 8.21. The molecule has 0 fully saturated rings.